The molecule has 1 N–H and O–H groups in total. The van der Waals surface area contributed by atoms with Gasteiger partial charge in [-0.3, -0.25) is 9.36 Å². The van der Waals surface area contributed by atoms with Gasteiger partial charge in [-0.2, -0.15) is 10.2 Å². The normalized spacial score (nSPS) is 15.4. The highest BCUT2D eigenvalue weighted by Gasteiger charge is 2.29. The fraction of sp³-hybridized carbons (Fsp3) is 0.342. The van der Waals surface area contributed by atoms with Crippen molar-refractivity contribution in [2.75, 3.05) is 13.7 Å². The van der Waals surface area contributed by atoms with Crippen LogP contribution in [0.1, 0.15) is 58.1 Å². The van der Waals surface area contributed by atoms with Crippen LogP contribution >= 0.6 is 23.4 Å². The summed E-state index contributed by atoms with van der Waals surface area (Å²) in [6.07, 6.45) is 4.46. The van der Waals surface area contributed by atoms with Crippen LogP contribution in [-0.2, 0) is 57.1 Å². The van der Waals surface area contributed by atoms with Gasteiger partial charge in [-0.15, -0.1) is 11.8 Å². The molecule has 0 spiro atoms. The molecule has 9 nitrogen and oxygen atoms in total. The fourth-order valence-corrected chi connectivity index (χ4v) is 8.78. The predicted octanol–water partition coefficient (Wildman–Crippen LogP) is 7.61. The Morgan fingerprint density at radius 1 is 0.980 bits per heavy atom. The number of nitrogens with zero attached hydrogens (tertiary/aromatic N) is 5. The lowest BCUT2D eigenvalue weighted by molar-refractivity contribution is 0.0589. The second-order valence-corrected chi connectivity index (χ2v) is 14.3. The third kappa shape index (κ3) is 5.79. The number of rotatable bonds is 1. The van der Waals surface area contributed by atoms with Crippen LogP contribution in [0.15, 0.2) is 59.5 Å². The van der Waals surface area contributed by atoms with Gasteiger partial charge in [0.2, 0.25) is 0 Å². The van der Waals surface area contributed by atoms with Crippen molar-refractivity contribution in [3.8, 4) is 16.9 Å². The average molecular weight is 695 g/mol. The first-order valence-corrected chi connectivity index (χ1v) is 18.3. The number of halogens is 1. The number of esters is 1. The van der Waals surface area contributed by atoms with Gasteiger partial charge in [-0.1, -0.05) is 41.9 Å². The minimum atomic E-state index is -0.365. The fourth-order valence-electron chi connectivity index (χ4n) is 7.55. The smallest absolute Gasteiger partial charge is 0.354 e. The highest BCUT2D eigenvalue weighted by molar-refractivity contribution is 7.98. The summed E-state index contributed by atoms with van der Waals surface area (Å²) in [4.78, 5) is 14.6. The molecule has 3 aromatic heterocycles. The van der Waals surface area contributed by atoms with Crippen molar-refractivity contribution in [3.05, 3.63) is 93.7 Å². The summed E-state index contributed by atoms with van der Waals surface area (Å²) < 4.78 is 18.0. The molecule has 2 aliphatic rings. The summed E-state index contributed by atoms with van der Waals surface area (Å²) in [6.45, 7) is 2.53. The van der Waals surface area contributed by atoms with Gasteiger partial charge in [0, 0.05) is 77.7 Å². The van der Waals surface area contributed by atoms with Crippen molar-refractivity contribution in [1.82, 2.24) is 29.4 Å². The van der Waals surface area contributed by atoms with Crippen LogP contribution < -0.4 is 10.1 Å². The van der Waals surface area contributed by atoms with Gasteiger partial charge in [0.25, 0.3) is 0 Å². The molecule has 252 valence electrons. The van der Waals surface area contributed by atoms with Gasteiger partial charge in [0.05, 0.1) is 35.6 Å². The summed E-state index contributed by atoms with van der Waals surface area (Å²) in [5.74, 6) is 1.28. The molecular formula is C38H39ClN6O3S. The number of carbonyl (C=O) groups is 1. The Bertz CT molecular complexity index is 2230. The Morgan fingerprint density at radius 3 is 2.73 bits per heavy atom. The summed E-state index contributed by atoms with van der Waals surface area (Å²) >= 11 is 8.93. The number of benzene rings is 3. The molecule has 3 aromatic carbocycles. The molecule has 0 saturated carbocycles. The van der Waals surface area contributed by atoms with E-state index in [0.29, 0.717) is 43.3 Å². The Kier molecular flexibility index (Phi) is 8.63. The van der Waals surface area contributed by atoms with E-state index in [1.54, 1.807) is 11.8 Å². The van der Waals surface area contributed by atoms with Crippen LogP contribution in [0.3, 0.4) is 0 Å². The third-order valence-corrected chi connectivity index (χ3v) is 11.2. The molecule has 6 aromatic rings. The van der Waals surface area contributed by atoms with E-state index in [1.165, 1.54) is 12.8 Å². The summed E-state index contributed by atoms with van der Waals surface area (Å²) in [5.41, 5.74) is 8.65. The van der Waals surface area contributed by atoms with Gasteiger partial charge in [0.15, 0.2) is 0 Å². The highest BCUT2D eigenvalue weighted by atomic mass is 35.5. The zero-order valence-corrected chi connectivity index (χ0v) is 29.6. The zero-order valence-electron chi connectivity index (χ0n) is 28.0. The van der Waals surface area contributed by atoms with Crippen molar-refractivity contribution in [1.29, 1.82) is 0 Å². The number of aromatic nitrogens is 5. The number of methoxy groups -OCH3 is 1. The topological polar surface area (TPSA) is 88.1 Å². The van der Waals surface area contributed by atoms with E-state index in [0.717, 1.165) is 97.7 Å². The first kappa shape index (κ1) is 32.0. The van der Waals surface area contributed by atoms with Gasteiger partial charge < -0.3 is 19.4 Å². The van der Waals surface area contributed by atoms with Crippen LogP contribution in [0.4, 0.5) is 0 Å². The maximum atomic E-state index is 13.4. The number of carbonyl (C=O) groups excluding carboxylic acids is 1. The Hall–Kier alpha value is -4.25. The molecular weight excluding hydrogens is 656 g/mol. The second kappa shape index (κ2) is 13.2. The van der Waals surface area contributed by atoms with E-state index in [4.69, 9.17) is 31.3 Å². The molecule has 49 heavy (non-hydrogen) atoms. The number of hydrogen-bond acceptors (Lipinski definition) is 7. The van der Waals surface area contributed by atoms with Crippen molar-refractivity contribution in [2.45, 2.75) is 62.4 Å². The van der Waals surface area contributed by atoms with Gasteiger partial charge in [-0.05, 0) is 67.3 Å². The summed E-state index contributed by atoms with van der Waals surface area (Å²) in [5, 5.41) is 17.5. The maximum absolute atomic E-state index is 13.4. The second-order valence-electron chi connectivity index (χ2n) is 12.9. The minimum Gasteiger partial charge on any atom is -0.493 e. The third-order valence-electron chi connectivity index (χ3n) is 9.84. The summed E-state index contributed by atoms with van der Waals surface area (Å²) in [7, 11) is 5.39. The molecule has 5 heterocycles. The minimum absolute atomic E-state index is 0.365. The number of nitrogens with one attached hydrogen (secondary N) is 1. The maximum Gasteiger partial charge on any atom is 0.354 e. The molecule has 0 fully saturated rings. The SMILES string of the molecule is COC(=O)c1c2c3ccc(Cl)c(c3n1C)-c1c(nn3c1CCCC3)CNCc1cc(n(C)n1)CSc1cc(c3ccccc3c1)OCCC2. The molecule has 0 radical (unpaired) electrons. The van der Waals surface area contributed by atoms with Gasteiger partial charge >= 0.3 is 5.97 Å². The Balaban J connectivity index is 1.27. The lowest BCUT2D eigenvalue weighted by Crippen LogP contribution is -2.15. The van der Waals surface area contributed by atoms with E-state index in [1.807, 2.05) is 41.5 Å². The van der Waals surface area contributed by atoms with Gasteiger partial charge in [-0.25, -0.2) is 4.79 Å². The molecule has 8 rings (SSSR count). The summed E-state index contributed by atoms with van der Waals surface area (Å²) in [6, 6.07) is 18.9. The Labute approximate surface area is 294 Å². The molecule has 2 aliphatic heterocycles. The number of thioether (sulfide) groups is 1. The van der Waals surface area contributed by atoms with Crippen LogP contribution in [0, 0.1) is 0 Å². The molecule has 0 saturated heterocycles. The average Bonchev–Trinajstić information content (AvgIpc) is 3.75. The van der Waals surface area contributed by atoms with E-state index in [9.17, 15) is 4.79 Å². The van der Waals surface area contributed by atoms with E-state index in [2.05, 4.69) is 46.4 Å². The lowest BCUT2D eigenvalue weighted by atomic mass is 9.95. The molecule has 0 atom stereocenters. The quantitative estimate of drug-likeness (QED) is 0.177. The monoisotopic (exact) mass is 694 g/mol. The van der Waals surface area contributed by atoms with E-state index >= 15 is 0 Å². The molecule has 8 bridgehead atoms. The Morgan fingerprint density at radius 2 is 1.86 bits per heavy atom. The predicted molar refractivity (Wildman–Crippen MR) is 195 cm³/mol. The molecule has 11 heteroatoms. The number of ether oxygens (including phenoxy) is 2. The highest BCUT2D eigenvalue weighted by Crippen LogP contribution is 2.43. The van der Waals surface area contributed by atoms with Crippen molar-refractivity contribution < 1.29 is 14.3 Å². The van der Waals surface area contributed by atoms with Crippen molar-refractivity contribution >= 4 is 51.0 Å². The largest absolute Gasteiger partial charge is 0.493 e. The number of hydrogen-bond donors (Lipinski definition) is 1. The van der Waals surface area contributed by atoms with Crippen molar-refractivity contribution in [3.63, 3.8) is 0 Å². The van der Waals surface area contributed by atoms with E-state index in [-0.39, 0.29) is 5.97 Å². The van der Waals surface area contributed by atoms with Crippen LogP contribution in [0.25, 0.3) is 32.8 Å². The lowest BCUT2D eigenvalue weighted by Gasteiger charge is -2.16. The molecule has 0 unspecified atom stereocenters. The number of aryl methyl sites for hydroxylation is 4. The van der Waals surface area contributed by atoms with Crippen LogP contribution in [0.5, 0.6) is 5.75 Å². The van der Waals surface area contributed by atoms with Crippen LogP contribution in [0.2, 0.25) is 5.02 Å². The number of fused-ring (bicyclic) bond motifs is 10. The zero-order chi connectivity index (χ0) is 33.6. The van der Waals surface area contributed by atoms with E-state index < -0.39 is 0 Å². The van der Waals surface area contributed by atoms with Crippen molar-refractivity contribution in [2.24, 2.45) is 14.1 Å². The molecule has 0 amide bonds. The van der Waals surface area contributed by atoms with Crippen LogP contribution in [-0.4, -0.2) is 43.8 Å². The first-order valence-electron chi connectivity index (χ1n) is 16.9. The van der Waals surface area contributed by atoms with Gasteiger partial charge in [0.1, 0.15) is 11.4 Å². The molecule has 0 aliphatic carbocycles. The standard InChI is InChI=1S/C38H39ClN6O3S/c1-43-36-29-13-14-30(39)34(36)35-31(42-45-15-7-6-12-32(35)45)21-40-20-24-18-25(44(2)41-24)22-49-26-17-23-9-4-5-10-27(23)33(19-26)48-16-8-11-28(29)37(43)38(46)47-3/h4-5,9-10,13-14,17-19,40H,6-8,11-12,15-16,20-22H2,1-3H3. The first-order chi connectivity index (χ1) is 23.9.